The molecule has 0 N–H and O–H groups in total. The van der Waals surface area contributed by atoms with Gasteiger partial charge in [0.2, 0.25) is 0 Å². The lowest BCUT2D eigenvalue weighted by Crippen LogP contribution is -2.30. The molecular formula is C53H96O6. The van der Waals surface area contributed by atoms with Crippen LogP contribution in [0.15, 0.2) is 36.5 Å². The molecule has 0 radical (unpaired) electrons. The average molecular weight is 829 g/mol. The standard InChI is InChI=1S/C53H96O6/c1-4-7-10-13-16-19-21-23-25-26-28-29-31-34-37-40-43-46-52(55)58-49-50(48-57-51(54)45-42-39-36-33-18-15-12-9-6-3)59-53(56)47-44-41-38-35-32-30-27-24-22-20-17-14-11-8-5-2/h16,19,23,25,28-29,50H,4-15,17-18,20-22,24,26-27,30-49H2,1-3H3/b19-16-,25-23-,29-28-/t50-/m1/s1. The number of hydrogen-bond donors (Lipinski definition) is 0. The molecule has 0 heterocycles. The van der Waals surface area contributed by atoms with Crippen LogP contribution in [0.2, 0.25) is 0 Å². The van der Waals surface area contributed by atoms with E-state index in [-0.39, 0.29) is 31.1 Å². The highest BCUT2D eigenvalue weighted by atomic mass is 16.6. The van der Waals surface area contributed by atoms with Gasteiger partial charge in [-0.3, -0.25) is 14.4 Å². The third kappa shape index (κ3) is 46.5. The summed E-state index contributed by atoms with van der Waals surface area (Å²) >= 11 is 0. The summed E-state index contributed by atoms with van der Waals surface area (Å²) in [5.74, 6) is -0.891. The normalized spacial score (nSPS) is 12.3. The maximum Gasteiger partial charge on any atom is 0.306 e. The fourth-order valence-corrected chi connectivity index (χ4v) is 7.27. The Morgan fingerprint density at radius 3 is 0.983 bits per heavy atom. The van der Waals surface area contributed by atoms with Gasteiger partial charge in [0.1, 0.15) is 13.2 Å². The van der Waals surface area contributed by atoms with Gasteiger partial charge in [0.25, 0.3) is 0 Å². The van der Waals surface area contributed by atoms with Crippen molar-refractivity contribution in [3.63, 3.8) is 0 Å². The van der Waals surface area contributed by atoms with E-state index in [1.54, 1.807) is 0 Å². The highest BCUT2D eigenvalue weighted by molar-refractivity contribution is 5.71. The van der Waals surface area contributed by atoms with Crippen molar-refractivity contribution in [1.29, 1.82) is 0 Å². The van der Waals surface area contributed by atoms with Gasteiger partial charge in [0.15, 0.2) is 6.10 Å². The van der Waals surface area contributed by atoms with Gasteiger partial charge in [-0.05, 0) is 57.8 Å². The number of rotatable bonds is 46. The van der Waals surface area contributed by atoms with E-state index >= 15 is 0 Å². The van der Waals surface area contributed by atoms with Gasteiger partial charge in [-0.25, -0.2) is 0 Å². The van der Waals surface area contributed by atoms with Crippen molar-refractivity contribution in [2.45, 2.75) is 271 Å². The smallest absolute Gasteiger partial charge is 0.306 e. The van der Waals surface area contributed by atoms with E-state index in [2.05, 4.69) is 57.2 Å². The van der Waals surface area contributed by atoms with Gasteiger partial charge in [-0.2, -0.15) is 0 Å². The largest absolute Gasteiger partial charge is 0.462 e. The first-order chi connectivity index (χ1) is 29.0. The predicted molar refractivity (Wildman–Crippen MR) is 252 cm³/mol. The summed E-state index contributed by atoms with van der Waals surface area (Å²) in [6.07, 6.45) is 55.5. The van der Waals surface area contributed by atoms with E-state index in [1.807, 2.05) is 0 Å². The first-order valence-electron chi connectivity index (χ1n) is 25.5. The van der Waals surface area contributed by atoms with Crippen LogP contribution in [0.1, 0.15) is 265 Å². The zero-order valence-electron chi connectivity index (χ0n) is 39.3. The number of carbonyl (C=O) groups excluding carboxylic acids is 3. The third-order valence-corrected chi connectivity index (χ3v) is 11.1. The van der Waals surface area contributed by atoms with E-state index in [1.165, 1.54) is 141 Å². The summed E-state index contributed by atoms with van der Waals surface area (Å²) in [5, 5.41) is 0. The molecule has 6 nitrogen and oxygen atoms in total. The Labute approximate surface area is 365 Å². The second kappa shape index (κ2) is 48.3. The van der Waals surface area contributed by atoms with Gasteiger partial charge in [-0.1, -0.05) is 224 Å². The lowest BCUT2D eigenvalue weighted by atomic mass is 10.0. The lowest BCUT2D eigenvalue weighted by Gasteiger charge is -2.18. The number of ether oxygens (including phenoxy) is 3. The second-order valence-corrected chi connectivity index (χ2v) is 17.1. The van der Waals surface area contributed by atoms with E-state index < -0.39 is 6.10 Å². The molecule has 6 heteroatoms. The molecule has 0 unspecified atom stereocenters. The average Bonchev–Trinajstić information content (AvgIpc) is 3.23. The van der Waals surface area contributed by atoms with Crippen molar-refractivity contribution in [2.24, 2.45) is 0 Å². The molecule has 0 saturated heterocycles. The molecule has 0 bridgehead atoms. The molecule has 0 amide bonds. The molecule has 0 aromatic carbocycles. The quantitative estimate of drug-likeness (QED) is 0.0263. The highest BCUT2D eigenvalue weighted by Gasteiger charge is 2.19. The first kappa shape index (κ1) is 56.6. The van der Waals surface area contributed by atoms with Crippen molar-refractivity contribution in [3.05, 3.63) is 36.5 Å². The van der Waals surface area contributed by atoms with Crippen molar-refractivity contribution in [1.82, 2.24) is 0 Å². The van der Waals surface area contributed by atoms with E-state index in [0.717, 1.165) is 83.5 Å². The monoisotopic (exact) mass is 829 g/mol. The fourth-order valence-electron chi connectivity index (χ4n) is 7.27. The molecule has 0 fully saturated rings. The number of esters is 3. The third-order valence-electron chi connectivity index (χ3n) is 11.1. The van der Waals surface area contributed by atoms with Crippen LogP contribution >= 0.6 is 0 Å². The highest BCUT2D eigenvalue weighted by Crippen LogP contribution is 2.15. The molecule has 344 valence electrons. The van der Waals surface area contributed by atoms with Crippen molar-refractivity contribution in [2.75, 3.05) is 13.2 Å². The fraction of sp³-hybridized carbons (Fsp3) is 0.830. The number of hydrogen-bond acceptors (Lipinski definition) is 6. The van der Waals surface area contributed by atoms with E-state index in [4.69, 9.17) is 14.2 Å². The molecule has 0 aliphatic carbocycles. The molecular weight excluding hydrogens is 733 g/mol. The van der Waals surface area contributed by atoms with Crippen LogP contribution in [0.3, 0.4) is 0 Å². The maximum absolute atomic E-state index is 12.8. The van der Waals surface area contributed by atoms with Crippen LogP contribution in [0.5, 0.6) is 0 Å². The molecule has 0 spiro atoms. The van der Waals surface area contributed by atoms with Gasteiger partial charge < -0.3 is 14.2 Å². The van der Waals surface area contributed by atoms with Crippen LogP contribution in [-0.4, -0.2) is 37.2 Å². The van der Waals surface area contributed by atoms with Crippen LogP contribution < -0.4 is 0 Å². The lowest BCUT2D eigenvalue weighted by molar-refractivity contribution is -0.167. The minimum Gasteiger partial charge on any atom is -0.462 e. The molecule has 0 aliphatic heterocycles. The first-order valence-corrected chi connectivity index (χ1v) is 25.5. The summed E-state index contributed by atoms with van der Waals surface area (Å²) in [5.41, 5.74) is 0. The number of unbranched alkanes of at least 4 members (excludes halogenated alkanes) is 29. The number of allylic oxidation sites excluding steroid dienone is 6. The predicted octanol–water partition coefficient (Wildman–Crippen LogP) is 16.5. The summed E-state index contributed by atoms with van der Waals surface area (Å²) in [7, 11) is 0. The Balaban J connectivity index is 4.34. The summed E-state index contributed by atoms with van der Waals surface area (Å²) in [4.78, 5) is 37.8. The zero-order valence-corrected chi connectivity index (χ0v) is 39.3. The Morgan fingerprint density at radius 2 is 0.610 bits per heavy atom. The minimum atomic E-state index is -0.775. The maximum atomic E-state index is 12.8. The SMILES string of the molecule is CCCCC/C=C\C/C=C\C/C=C\CCCCCCC(=O)OC[C@@H](COC(=O)CCCCCCCCCCC)OC(=O)CCCCCCCCCCCCCCCCC. The Hall–Kier alpha value is -2.37. The van der Waals surface area contributed by atoms with Gasteiger partial charge in [0, 0.05) is 19.3 Å². The zero-order chi connectivity index (χ0) is 43.0. The molecule has 0 saturated carbocycles. The molecule has 0 rings (SSSR count). The summed E-state index contributed by atoms with van der Waals surface area (Å²) in [6.45, 7) is 6.59. The van der Waals surface area contributed by atoms with Crippen molar-refractivity contribution < 1.29 is 28.6 Å². The molecule has 59 heavy (non-hydrogen) atoms. The van der Waals surface area contributed by atoms with Crippen LogP contribution in [0, 0.1) is 0 Å². The molecule has 0 aromatic heterocycles. The topological polar surface area (TPSA) is 78.9 Å². The number of carbonyl (C=O) groups is 3. The Kier molecular flexibility index (Phi) is 46.4. The van der Waals surface area contributed by atoms with Gasteiger partial charge in [-0.15, -0.1) is 0 Å². The van der Waals surface area contributed by atoms with Crippen LogP contribution in [0.25, 0.3) is 0 Å². The van der Waals surface area contributed by atoms with Crippen molar-refractivity contribution in [3.8, 4) is 0 Å². The second-order valence-electron chi connectivity index (χ2n) is 17.1. The molecule has 0 aromatic rings. The van der Waals surface area contributed by atoms with E-state index in [9.17, 15) is 14.4 Å². The Morgan fingerprint density at radius 1 is 0.339 bits per heavy atom. The van der Waals surface area contributed by atoms with E-state index in [0.29, 0.717) is 19.3 Å². The van der Waals surface area contributed by atoms with Gasteiger partial charge in [0.05, 0.1) is 0 Å². The van der Waals surface area contributed by atoms with Crippen LogP contribution in [-0.2, 0) is 28.6 Å². The Bertz CT molecular complexity index is 1000. The summed E-state index contributed by atoms with van der Waals surface area (Å²) < 4.78 is 16.7. The summed E-state index contributed by atoms with van der Waals surface area (Å²) in [6, 6.07) is 0. The van der Waals surface area contributed by atoms with Gasteiger partial charge >= 0.3 is 17.9 Å². The molecule has 0 aliphatic rings. The van der Waals surface area contributed by atoms with Crippen molar-refractivity contribution >= 4 is 17.9 Å². The molecule has 1 atom stereocenters. The van der Waals surface area contributed by atoms with Crippen LogP contribution in [0.4, 0.5) is 0 Å². The minimum absolute atomic E-state index is 0.0758.